The molecule has 2 heterocycles. The Morgan fingerprint density at radius 2 is 2.00 bits per heavy atom. The van der Waals surface area contributed by atoms with Crippen LogP contribution in [0.3, 0.4) is 0 Å². The van der Waals surface area contributed by atoms with Gasteiger partial charge in [0.1, 0.15) is 5.82 Å². The second kappa shape index (κ2) is 4.70. The molecule has 0 fully saturated rings. The lowest BCUT2D eigenvalue weighted by Gasteiger charge is -2.09. The summed E-state index contributed by atoms with van der Waals surface area (Å²) in [7, 11) is 0. The lowest BCUT2D eigenvalue weighted by Crippen LogP contribution is -2.24. The number of carbonyl (C=O) groups is 1. The normalized spacial score (nSPS) is 14.0. The molecule has 3 aromatic rings. The quantitative estimate of drug-likeness (QED) is 0.749. The highest BCUT2D eigenvalue weighted by Gasteiger charge is 2.21. The van der Waals surface area contributed by atoms with E-state index >= 15 is 0 Å². The molecule has 0 atom stereocenters. The Hall–Kier alpha value is -2.62. The van der Waals surface area contributed by atoms with Crippen molar-refractivity contribution in [1.29, 1.82) is 0 Å². The van der Waals surface area contributed by atoms with Gasteiger partial charge < -0.3 is 9.88 Å². The van der Waals surface area contributed by atoms with Gasteiger partial charge in [-0.15, -0.1) is 0 Å². The van der Waals surface area contributed by atoms with Crippen LogP contribution in [0.4, 0.5) is 0 Å². The van der Waals surface area contributed by atoms with Crippen LogP contribution in [0.15, 0.2) is 36.4 Å². The number of nitrogens with zero attached hydrogens (tertiary/aromatic N) is 2. The Kier molecular flexibility index (Phi) is 2.79. The first-order valence-electron chi connectivity index (χ1n) is 7.50. The number of rotatable bonds is 1. The third kappa shape index (κ3) is 1.84. The molecule has 0 radical (unpaired) electrons. The highest BCUT2D eigenvalue weighted by molar-refractivity contribution is 6.06. The Morgan fingerprint density at radius 3 is 2.82 bits per heavy atom. The Morgan fingerprint density at radius 1 is 1.14 bits per heavy atom. The van der Waals surface area contributed by atoms with Gasteiger partial charge in [-0.25, -0.2) is 4.98 Å². The third-order valence-corrected chi connectivity index (χ3v) is 4.40. The Balaban J connectivity index is 2.03. The summed E-state index contributed by atoms with van der Waals surface area (Å²) in [6.45, 7) is 5.58. The topological polar surface area (TPSA) is 46.9 Å². The molecule has 4 nitrogen and oxygen atoms in total. The van der Waals surface area contributed by atoms with Gasteiger partial charge in [0.2, 0.25) is 0 Å². The van der Waals surface area contributed by atoms with Crippen LogP contribution >= 0.6 is 0 Å². The second-order valence-corrected chi connectivity index (χ2v) is 5.82. The van der Waals surface area contributed by atoms with Gasteiger partial charge in [0.15, 0.2) is 0 Å². The predicted molar refractivity (Wildman–Crippen MR) is 87.0 cm³/mol. The van der Waals surface area contributed by atoms with Crippen molar-refractivity contribution >= 4 is 16.9 Å². The van der Waals surface area contributed by atoms with Crippen LogP contribution in [-0.4, -0.2) is 22.0 Å². The van der Waals surface area contributed by atoms with Crippen molar-refractivity contribution in [3.8, 4) is 11.4 Å². The Labute approximate surface area is 128 Å². The van der Waals surface area contributed by atoms with Crippen molar-refractivity contribution in [2.45, 2.75) is 20.4 Å². The van der Waals surface area contributed by atoms with Gasteiger partial charge >= 0.3 is 0 Å². The summed E-state index contributed by atoms with van der Waals surface area (Å²) in [6.07, 6.45) is 0. The molecule has 22 heavy (non-hydrogen) atoms. The van der Waals surface area contributed by atoms with Gasteiger partial charge in [0.05, 0.1) is 16.6 Å². The van der Waals surface area contributed by atoms with E-state index in [1.807, 2.05) is 18.2 Å². The summed E-state index contributed by atoms with van der Waals surface area (Å²) < 4.78 is 2.16. The number of benzene rings is 2. The second-order valence-electron chi connectivity index (χ2n) is 5.82. The first-order chi connectivity index (χ1) is 10.6. The van der Waals surface area contributed by atoms with Crippen molar-refractivity contribution in [3.63, 3.8) is 0 Å². The maximum absolute atomic E-state index is 12.2. The van der Waals surface area contributed by atoms with Crippen LogP contribution in [0.1, 0.15) is 21.5 Å². The number of aryl methyl sites for hydroxylation is 2. The minimum absolute atomic E-state index is 0.0177. The van der Waals surface area contributed by atoms with Crippen LogP contribution in [-0.2, 0) is 6.54 Å². The van der Waals surface area contributed by atoms with E-state index in [1.165, 1.54) is 11.1 Å². The zero-order chi connectivity index (χ0) is 15.3. The monoisotopic (exact) mass is 291 g/mol. The van der Waals surface area contributed by atoms with Crippen molar-refractivity contribution in [2.75, 3.05) is 6.54 Å². The van der Waals surface area contributed by atoms with Gasteiger partial charge in [-0.2, -0.15) is 0 Å². The molecule has 1 aliphatic heterocycles. The van der Waals surface area contributed by atoms with Crippen LogP contribution in [0, 0.1) is 13.8 Å². The average molecular weight is 291 g/mol. The summed E-state index contributed by atoms with van der Waals surface area (Å²) in [5.41, 5.74) is 6.14. The number of amides is 1. The molecule has 1 N–H and O–H groups in total. The van der Waals surface area contributed by atoms with E-state index in [0.717, 1.165) is 29.0 Å². The largest absolute Gasteiger partial charge is 0.350 e. The summed E-state index contributed by atoms with van der Waals surface area (Å²) in [6, 6.07) is 12.1. The van der Waals surface area contributed by atoms with Gasteiger partial charge in [0.25, 0.3) is 5.91 Å². The van der Waals surface area contributed by atoms with Crippen molar-refractivity contribution in [2.24, 2.45) is 0 Å². The zero-order valence-electron chi connectivity index (χ0n) is 12.7. The van der Waals surface area contributed by atoms with Crippen LogP contribution in [0.5, 0.6) is 0 Å². The van der Waals surface area contributed by atoms with Gasteiger partial charge in [-0.3, -0.25) is 4.79 Å². The summed E-state index contributed by atoms with van der Waals surface area (Å²) in [4.78, 5) is 17.0. The van der Waals surface area contributed by atoms with Crippen molar-refractivity contribution in [3.05, 3.63) is 53.1 Å². The predicted octanol–water partition coefficient (Wildman–Crippen LogP) is 3.06. The molecule has 1 amide bonds. The maximum Gasteiger partial charge on any atom is 0.253 e. The summed E-state index contributed by atoms with van der Waals surface area (Å²) in [5.74, 6) is 0.915. The number of aromatic nitrogens is 2. The number of carbonyl (C=O) groups excluding carboxylic acids is 1. The molecule has 1 aliphatic rings. The van der Waals surface area contributed by atoms with E-state index in [4.69, 9.17) is 4.98 Å². The lowest BCUT2D eigenvalue weighted by atomic mass is 10.1. The van der Waals surface area contributed by atoms with Crippen LogP contribution in [0.25, 0.3) is 22.4 Å². The number of hydrogen-bond donors (Lipinski definition) is 1. The molecule has 1 aromatic heterocycles. The highest BCUT2D eigenvalue weighted by atomic mass is 16.1. The molecule has 0 unspecified atom stereocenters. The van der Waals surface area contributed by atoms with E-state index in [-0.39, 0.29) is 5.91 Å². The first kappa shape index (κ1) is 13.1. The van der Waals surface area contributed by atoms with Gasteiger partial charge in [-0.05, 0) is 43.2 Å². The number of hydrogen-bond acceptors (Lipinski definition) is 2. The molecule has 0 saturated heterocycles. The van der Waals surface area contributed by atoms with Crippen molar-refractivity contribution in [1.82, 2.24) is 14.9 Å². The smallest absolute Gasteiger partial charge is 0.253 e. The third-order valence-electron chi connectivity index (χ3n) is 4.40. The average Bonchev–Trinajstić information content (AvgIpc) is 2.79. The fraction of sp³-hybridized carbons (Fsp3) is 0.222. The summed E-state index contributed by atoms with van der Waals surface area (Å²) >= 11 is 0. The maximum atomic E-state index is 12.2. The standard InChI is InChI=1S/C18H17N3O/c1-11-6-7-13(10-12(11)2)17-20-15-5-3-4-14-16(15)21(17)9-8-19-18(14)22/h3-7,10H,8-9H2,1-2H3,(H,19,22). The van der Waals surface area contributed by atoms with E-state index in [9.17, 15) is 4.79 Å². The van der Waals surface area contributed by atoms with E-state index in [0.29, 0.717) is 12.1 Å². The molecular formula is C18H17N3O. The Bertz CT molecular complexity index is 908. The highest BCUT2D eigenvalue weighted by Crippen LogP contribution is 2.29. The van der Waals surface area contributed by atoms with Crippen LogP contribution in [0.2, 0.25) is 0 Å². The number of imidazole rings is 1. The fourth-order valence-electron chi connectivity index (χ4n) is 3.06. The lowest BCUT2D eigenvalue weighted by molar-refractivity contribution is 0.0956. The molecule has 0 spiro atoms. The molecule has 0 bridgehead atoms. The number of nitrogens with one attached hydrogen (secondary N) is 1. The molecule has 4 rings (SSSR count). The van der Waals surface area contributed by atoms with Gasteiger partial charge in [0, 0.05) is 18.7 Å². The molecule has 0 saturated carbocycles. The van der Waals surface area contributed by atoms with E-state index < -0.39 is 0 Å². The molecule has 2 aromatic carbocycles. The minimum atomic E-state index is -0.0177. The fourth-order valence-corrected chi connectivity index (χ4v) is 3.06. The zero-order valence-corrected chi connectivity index (χ0v) is 12.7. The molecule has 0 aliphatic carbocycles. The SMILES string of the molecule is Cc1ccc(-c2nc3cccc4c3n2CCNC4=O)cc1C. The first-order valence-corrected chi connectivity index (χ1v) is 7.50. The van der Waals surface area contributed by atoms with E-state index in [2.05, 4.69) is 41.9 Å². The van der Waals surface area contributed by atoms with Crippen LogP contribution < -0.4 is 5.32 Å². The molecular weight excluding hydrogens is 274 g/mol. The molecule has 110 valence electrons. The van der Waals surface area contributed by atoms with Gasteiger partial charge in [-0.1, -0.05) is 18.2 Å². The number of para-hydroxylation sites is 1. The molecule has 4 heteroatoms. The van der Waals surface area contributed by atoms with E-state index in [1.54, 1.807) is 0 Å². The van der Waals surface area contributed by atoms with Crippen molar-refractivity contribution < 1.29 is 4.79 Å². The minimum Gasteiger partial charge on any atom is -0.350 e. The summed E-state index contributed by atoms with van der Waals surface area (Å²) in [5, 5.41) is 2.95.